The van der Waals surface area contributed by atoms with Gasteiger partial charge in [-0.3, -0.25) is 4.79 Å². The van der Waals surface area contributed by atoms with Gasteiger partial charge in [0.15, 0.2) is 5.17 Å². The number of nitrogens with zero attached hydrogens (tertiary/aromatic N) is 2. The van der Waals surface area contributed by atoms with Crippen LogP contribution in [0.1, 0.15) is 5.56 Å². The molecule has 1 amide bonds. The Morgan fingerprint density at radius 1 is 1.20 bits per heavy atom. The lowest BCUT2D eigenvalue weighted by molar-refractivity contribution is -0.113. The molecule has 1 aromatic carbocycles. The molecule has 6 heteroatoms. The highest BCUT2D eigenvalue weighted by Crippen LogP contribution is 2.31. The van der Waals surface area contributed by atoms with Gasteiger partial charge in [-0.2, -0.15) is 16.8 Å². The molecule has 1 aromatic rings. The summed E-state index contributed by atoms with van der Waals surface area (Å²) in [7, 11) is 0. The molecule has 2 aliphatic rings. The van der Waals surface area contributed by atoms with Gasteiger partial charge < -0.3 is 4.90 Å². The number of benzene rings is 1. The van der Waals surface area contributed by atoms with Gasteiger partial charge in [0.25, 0.3) is 5.91 Å². The topological polar surface area (TPSA) is 32.7 Å². The van der Waals surface area contributed by atoms with E-state index in [1.54, 1.807) is 0 Å². The van der Waals surface area contributed by atoms with Crippen LogP contribution in [0.4, 0.5) is 0 Å². The van der Waals surface area contributed by atoms with E-state index in [1.165, 1.54) is 11.8 Å². The van der Waals surface area contributed by atoms with Crippen molar-refractivity contribution in [3.8, 4) is 0 Å². The maximum Gasteiger partial charge on any atom is 0.286 e. The molecule has 2 heterocycles. The van der Waals surface area contributed by atoms with Gasteiger partial charge in [-0.05, 0) is 35.5 Å². The van der Waals surface area contributed by atoms with Gasteiger partial charge in [-0.1, -0.05) is 23.7 Å². The van der Waals surface area contributed by atoms with E-state index in [0.29, 0.717) is 9.93 Å². The zero-order chi connectivity index (χ0) is 13.9. The summed E-state index contributed by atoms with van der Waals surface area (Å²) in [4.78, 5) is 19.0. The third-order valence-electron chi connectivity index (χ3n) is 3.06. The van der Waals surface area contributed by atoms with E-state index in [1.807, 2.05) is 42.1 Å². The van der Waals surface area contributed by atoms with Gasteiger partial charge in [-0.15, -0.1) is 0 Å². The van der Waals surface area contributed by atoms with Crippen molar-refractivity contribution in [2.75, 3.05) is 24.6 Å². The molecule has 0 bridgehead atoms. The molecule has 0 unspecified atom stereocenters. The monoisotopic (exact) mass is 324 g/mol. The molecule has 104 valence electrons. The SMILES string of the molecule is O=C1N=C(N2CCSCC2)S/C1=C\c1ccc(Cl)cc1. The minimum absolute atomic E-state index is 0.141. The van der Waals surface area contributed by atoms with Crippen molar-refractivity contribution in [2.24, 2.45) is 4.99 Å². The van der Waals surface area contributed by atoms with Crippen LogP contribution in [-0.4, -0.2) is 40.6 Å². The number of amidine groups is 1. The maximum absolute atomic E-state index is 12.0. The largest absolute Gasteiger partial charge is 0.349 e. The van der Waals surface area contributed by atoms with Crippen LogP contribution in [-0.2, 0) is 4.79 Å². The van der Waals surface area contributed by atoms with Crippen LogP contribution in [0.2, 0.25) is 5.02 Å². The average molecular weight is 325 g/mol. The molecule has 20 heavy (non-hydrogen) atoms. The van der Waals surface area contributed by atoms with Crippen molar-refractivity contribution in [3.63, 3.8) is 0 Å². The van der Waals surface area contributed by atoms with Crippen molar-refractivity contribution in [3.05, 3.63) is 39.8 Å². The molecule has 1 fully saturated rings. The van der Waals surface area contributed by atoms with Crippen molar-refractivity contribution in [1.82, 2.24) is 4.90 Å². The standard InChI is InChI=1S/C14H13ClN2OS2/c15-11-3-1-10(2-4-11)9-12-13(18)16-14(20-12)17-5-7-19-8-6-17/h1-4,9H,5-8H2/b12-9-. The molecule has 0 radical (unpaired) electrons. The van der Waals surface area contributed by atoms with Gasteiger partial charge in [0.2, 0.25) is 0 Å². The van der Waals surface area contributed by atoms with Crippen LogP contribution in [0.3, 0.4) is 0 Å². The number of rotatable bonds is 1. The zero-order valence-corrected chi connectivity index (χ0v) is 13.1. The molecule has 0 N–H and O–H groups in total. The second-order valence-corrected chi connectivity index (χ2v) is 7.13. The predicted molar refractivity (Wildman–Crippen MR) is 88.4 cm³/mol. The normalized spacial score (nSPS) is 21.4. The fraction of sp³-hybridized carbons (Fsp3) is 0.286. The number of amides is 1. The van der Waals surface area contributed by atoms with Crippen LogP contribution in [0, 0.1) is 0 Å². The molecule has 3 nitrogen and oxygen atoms in total. The second kappa shape index (κ2) is 6.24. The van der Waals surface area contributed by atoms with Gasteiger partial charge in [0.05, 0.1) is 4.91 Å². The lowest BCUT2D eigenvalue weighted by Gasteiger charge is -2.26. The fourth-order valence-corrected chi connectivity index (χ4v) is 3.99. The van der Waals surface area contributed by atoms with Crippen LogP contribution in [0.15, 0.2) is 34.2 Å². The van der Waals surface area contributed by atoms with E-state index < -0.39 is 0 Å². The van der Waals surface area contributed by atoms with Crippen LogP contribution < -0.4 is 0 Å². The summed E-state index contributed by atoms with van der Waals surface area (Å²) in [5.74, 6) is 2.06. The summed E-state index contributed by atoms with van der Waals surface area (Å²) in [5.41, 5.74) is 0.968. The van der Waals surface area contributed by atoms with Gasteiger partial charge in [0, 0.05) is 29.6 Å². The summed E-state index contributed by atoms with van der Waals surface area (Å²) in [6.45, 7) is 1.94. The highest BCUT2D eigenvalue weighted by Gasteiger charge is 2.26. The number of carbonyl (C=O) groups is 1. The van der Waals surface area contributed by atoms with Crippen LogP contribution >= 0.6 is 35.1 Å². The number of aliphatic imine (C=N–C) groups is 1. The van der Waals surface area contributed by atoms with Crippen LogP contribution in [0.25, 0.3) is 6.08 Å². The van der Waals surface area contributed by atoms with Crippen LogP contribution in [0.5, 0.6) is 0 Å². The lowest BCUT2D eigenvalue weighted by Crippen LogP contribution is -2.35. The molecule has 1 saturated heterocycles. The Hall–Kier alpha value is -0.910. The highest BCUT2D eigenvalue weighted by atomic mass is 35.5. The smallest absolute Gasteiger partial charge is 0.286 e. The third-order valence-corrected chi connectivity index (χ3v) is 5.30. The first-order chi connectivity index (χ1) is 9.72. The molecule has 0 saturated carbocycles. The van der Waals surface area contributed by atoms with E-state index in [9.17, 15) is 4.79 Å². The summed E-state index contributed by atoms with van der Waals surface area (Å²) in [6, 6.07) is 7.45. The number of hydrogen-bond donors (Lipinski definition) is 0. The number of halogens is 1. The second-order valence-electron chi connectivity index (χ2n) is 4.46. The zero-order valence-electron chi connectivity index (χ0n) is 10.7. The molecule has 0 aliphatic carbocycles. The van der Waals surface area contributed by atoms with Crippen molar-refractivity contribution < 1.29 is 4.79 Å². The van der Waals surface area contributed by atoms with E-state index in [4.69, 9.17) is 11.6 Å². The highest BCUT2D eigenvalue weighted by molar-refractivity contribution is 8.18. The Bertz CT molecular complexity index is 577. The summed E-state index contributed by atoms with van der Waals surface area (Å²) in [6.07, 6.45) is 1.87. The minimum Gasteiger partial charge on any atom is -0.349 e. The van der Waals surface area contributed by atoms with Crippen molar-refractivity contribution in [2.45, 2.75) is 0 Å². The molecule has 0 spiro atoms. The van der Waals surface area contributed by atoms with E-state index >= 15 is 0 Å². The Labute approximate surface area is 131 Å². The Balaban J connectivity index is 1.74. The third kappa shape index (κ3) is 3.22. The van der Waals surface area contributed by atoms with Crippen molar-refractivity contribution in [1.29, 1.82) is 0 Å². The fourth-order valence-electron chi connectivity index (χ4n) is 2.00. The summed E-state index contributed by atoms with van der Waals surface area (Å²) in [5, 5.41) is 1.54. The molecule has 0 atom stereocenters. The maximum atomic E-state index is 12.0. The van der Waals surface area contributed by atoms with E-state index in [-0.39, 0.29) is 5.91 Å². The predicted octanol–water partition coefficient (Wildman–Crippen LogP) is 3.36. The lowest BCUT2D eigenvalue weighted by atomic mass is 10.2. The Morgan fingerprint density at radius 2 is 1.90 bits per heavy atom. The van der Waals surface area contributed by atoms with Gasteiger partial charge in [-0.25, -0.2) is 0 Å². The van der Waals surface area contributed by atoms with Gasteiger partial charge in [0.1, 0.15) is 0 Å². The molecule has 3 rings (SSSR count). The first kappa shape index (κ1) is 14.0. The number of thioether (sulfide) groups is 2. The molecule has 2 aliphatic heterocycles. The number of carbonyl (C=O) groups excluding carboxylic acids is 1. The van der Waals surface area contributed by atoms with E-state index in [0.717, 1.165) is 35.3 Å². The number of hydrogen-bond acceptors (Lipinski definition) is 4. The Kier molecular flexibility index (Phi) is 4.38. The van der Waals surface area contributed by atoms with Crippen molar-refractivity contribution >= 4 is 52.3 Å². The summed E-state index contributed by atoms with van der Waals surface area (Å²) >= 11 is 9.27. The first-order valence-corrected chi connectivity index (χ1v) is 8.68. The summed E-state index contributed by atoms with van der Waals surface area (Å²) < 4.78 is 0. The Morgan fingerprint density at radius 3 is 2.60 bits per heavy atom. The quantitative estimate of drug-likeness (QED) is 0.742. The van der Waals surface area contributed by atoms with Gasteiger partial charge >= 0.3 is 0 Å². The molecular weight excluding hydrogens is 312 g/mol. The molecular formula is C14H13ClN2OS2. The van der Waals surface area contributed by atoms with E-state index in [2.05, 4.69) is 9.89 Å². The molecule has 0 aromatic heterocycles. The first-order valence-electron chi connectivity index (χ1n) is 6.33. The average Bonchev–Trinajstić information content (AvgIpc) is 2.84. The minimum atomic E-state index is -0.141.